The molecule has 8 nitrogen and oxygen atoms in total. The fraction of sp³-hybridized carbons (Fsp3) is 0.0588. The Morgan fingerprint density at radius 3 is 2.64 bits per heavy atom. The van der Waals surface area contributed by atoms with Gasteiger partial charge in [0.1, 0.15) is 5.76 Å². The first kappa shape index (κ1) is 16.2. The van der Waals surface area contributed by atoms with Gasteiger partial charge in [-0.15, -0.1) is 0 Å². The van der Waals surface area contributed by atoms with E-state index in [2.05, 4.69) is 15.8 Å². The zero-order valence-corrected chi connectivity index (χ0v) is 13.0. The third kappa shape index (κ3) is 3.99. The Labute approximate surface area is 142 Å². The van der Waals surface area contributed by atoms with Crippen LogP contribution >= 0.6 is 0 Å². The average Bonchev–Trinajstić information content (AvgIpc) is 3.11. The van der Waals surface area contributed by atoms with Crippen molar-refractivity contribution in [2.24, 2.45) is 0 Å². The van der Waals surface area contributed by atoms with Gasteiger partial charge in [0, 0.05) is 24.7 Å². The summed E-state index contributed by atoms with van der Waals surface area (Å²) in [5.41, 5.74) is 4.67. The highest BCUT2D eigenvalue weighted by Crippen LogP contribution is 2.08. The van der Waals surface area contributed by atoms with Gasteiger partial charge in [0.25, 0.3) is 11.5 Å². The number of rotatable bonds is 4. The van der Waals surface area contributed by atoms with Crippen LogP contribution in [0.2, 0.25) is 0 Å². The molecule has 8 heteroatoms. The Kier molecular flexibility index (Phi) is 4.70. The summed E-state index contributed by atoms with van der Waals surface area (Å²) in [7, 11) is 0. The number of amides is 2. The molecule has 0 bridgehead atoms. The lowest BCUT2D eigenvalue weighted by atomic mass is 10.3. The molecule has 0 aliphatic carbocycles. The van der Waals surface area contributed by atoms with E-state index >= 15 is 0 Å². The van der Waals surface area contributed by atoms with Crippen LogP contribution < -0.4 is 16.4 Å². The van der Waals surface area contributed by atoms with E-state index in [0.29, 0.717) is 11.3 Å². The van der Waals surface area contributed by atoms with E-state index in [9.17, 15) is 14.4 Å². The second-order valence-corrected chi connectivity index (χ2v) is 5.08. The molecule has 0 aliphatic rings. The molecule has 3 aromatic heterocycles. The van der Waals surface area contributed by atoms with Gasteiger partial charge < -0.3 is 8.98 Å². The number of pyridine rings is 2. The van der Waals surface area contributed by atoms with Crippen LogP contribution in [0.15, 0.2) is 70.3 Å². The lowest BCUT2D eigenvalue weighted by molar-refractivity contribution is 0.0829. The number of hydrogen-bond donors (Lipinski definition) is 2. The summed E-state index contributed by atoms with van der Waals surface area (Å²) in [5, 5.41) is 0. The maximum atomic E-state index is 12.0. The molecule has 0 atom stereocenters. The number of nitrogens with zero attached hydrogens (tertiary/aromatic N) is 2. The monoisotopic (exact) mass is 338 g/mol. The summed E-state index contributed by atoms with van der Waals surface area (Å²) in [6.07, 6.45) is 4.54. The predicted molar refractivity (Wildman–Crippen MR) is 87.7 cm³/mol. The molecular weight excluding hydrogens is 324 g/mol. The van der Waals surface area contributed by atoms with Crippen molar-refractivity contribution in [3.8, 4) is 0 Å². The van der Waals surface area contributed by atoms with Crippen LogP contribution in [0.4, 0.5) is 0 Å². The smallest absolute Gasteiger partial charge is 0.305 e. The minimum atomic E-state index is -0.608. The van der Waals surface area contributed by atoms with E-state index in [1.54, 1.807) is 36.5 Å². The molecule has 2 amide bonds. The predicted octanol–water partition coefficient (Wildman–Crippen LogP) is 0.959. The van der Waals surface area contributed by atoms with Gasteiger partial charge >= 0.3 is 5.91 Å². The Bertz CT molecular complexity index is 946. The average molecular weight is 338 g/mol. The Balaban J connectivity index is 1.60. The summed E-state index contributed by atoms with van der Waals surface area (Å²) in [6, 6.07) is 11.0. The van der Waals surface area contributed by atoms with E-state index in [-0.39, 0.29) is 17.9 Å². The normalized spacial score (nSPS) is 10.2. The van der Waals surface area contributed by atoms with E-state index < -0.39 is 11.8 Å². The van der Waals surface area contributed by atoms with Crippen LogP contribution in [0.5, 0.6) is 0 Å². The molecule has 0 unspecified atom stereocenters. The maximum absolute atomic E-state index is 12.0. The molecule has 0 aliphatic heterocycles. The van der Waals surface area contributed by atoms with Crippen LogP contribution in [0.3, 0.4) is 0 Å². The van der Waals surface area contributed by atoms with Crippen LogP contribution in [0, 0.1) is 0 Å². The molecule has 3 heterocycles. The first-order valence-corrected chi connectivity index (χ1v) is 7.38. The van der Waals surface area contributed by atoms with Crippen LogP contribution in [0.1, 0.15) is 26.7 Å². The molecule has 0 radical (unpaired) electrons. The molecule has 25 heavy (non-hydrogen) atoms. The fourth-order valence-electron chi connectivity index (χ4n) is 2.09. The van der Waals surface area contributed by atoms with Crippen molar-refractivity contribution in [1.82, 2.24) is 20.4 Å². The van der Waals surface area contributed by atoms with Gasteiger partial charge in [-0.3, -0.25) is 30.2 Å². The van der Waals surface area contributed by atoms with Crippen LogP contribution in [-0.4, -0.2) is 21.4 Å². The zero-order valence-electron chi connectivity index (χ0n) is 13.0. The zero-order chi connectivity index (χ0) is 17.6. The lowest BCUT2D eigenvalue weighted by Gasteiger charge is -2.05. The molecular formula is C17H14N4O4. The van der Waals surface area contributed by atoms with Crippen molar-refractivity contribution in [2.45, 2.75) is 6.54 Å². The van der Waals surface area contributed by atoms with Crippen molar-refractivity contribution >= 4 is 11.8 Å². The number of carbonyl (C=O) groups is 2. The van der Waals surface area contributed by atoms with Crippen LogP contribution in [0.25, 0.3) is 0 Å². The SMILES string of the molecule is O=C(NNC(=O)c1ccc(Cn2ccccc2=O)o1)c1cccnc1. The molecule has 0 saturated heterocycles. The number of nitrogens with one attached hydrogen (secondary N) is 2. The first-order valence-electron chi connectivity index (χ1n) is 7.38. The number of carbonyl (C=O) groups excluding carboxylic acids is 2. The molecule has 3 rings (SSSR count). The molecule has 126 valence electrons. The number of furan rings is 1. The lowest BCUT2D eigenvalue weighted by Crippen LogP contribution is -2.41. The quantitative estimate of drug-likeness (QED) is 0.689. The highest BCUT2D eigenvalue weighted by atomic mass is 16.4. The van der Waals surface area contributed by atoms with Gasteiger partial charge in [-0.2, -0.15) is 0 Å². The highest BCUT2D eigenvalue weighted by Gasteiger charge is 2.13. The highest BCUT2D eigenvalue weighted by molar-refractivity contribution is 5.97. The van der Waals surface area contributed by atoms with Crippen molar-refractivity contribution in [3.05, 3.63) is 88.5 Å². The second-order valence-electron chi connectivity index (χ2n) is 5.08. The van der Waals surface area contributed by atoms with Crippen molar-refractivity contribution in [2.75, 3.05) is 0 Å². The van der Waals surface area contributed by atoms with Gasteiger partial charge in [-0.1, -0.05) is 6.07 Å². The van der Waals surface area contributed by atoms with Gasteiger partial charge in [0.05, 0.1) is 12.1 Å². The minimum Gasteiger partial charge on any atom is -0.454 e. The molecule has 0 spiro atoms. The molecule has 0 fully saturated rings. The van der Waals surface area contributed by atoms with Gasteiger partial charge in [-0.25, -0.2) is 0 Å². The Morgan fingerprint density at radius 1 is 1.04 bits per heavy atom. The molecule has 3 aromatic rings. The van der Waals surface area contributed by atoms with E-state index in [4.69, 9.17) is 4.42 Å². The summed E-state index contributed by atoms with van der Waals surface area (Å²) >= 11 is 0. The Hall–Kier alpha value is -3.68. The number of aromatic nitrogens is 2. The van der Waals surface area contributed by atoms with Gasteiger partial charge in [-0.05, 0) is 30.3 Å². The topological polar surface area (TPSA) is 106 Å². The summed E-state index contributed by atoms with van der Waals surface area (Å²) in [5.74, 6) is -0.643. The van der Waals surface area contributed by atoms with Crippen LogP contribution in [-0.2, 0) is 6.54 Å². The van der Waals surface area contributed by atoms with E-state index in [1.807, 2.05) is 0 Å². The van der Waals surface area contributed by atoms with Gasteiger partial charge in [0.15, 0.2) is 5.76 Å². The number of hydrazine groups is 1. The van der Waals surface area contributed by atoms with Crippen molar-refractivity contribution < 1.29 is 14.0 Å². The Morgan fingerprint density at radius 2 is 1.88 bits per heavy atom. The summed E-state index contributed by atoms with van der Waals surface area (Å²) < 4.78 is 6.86. The summed E-state index contributed by atoms with van der Waals surface area (Å²) in [6.45, 7) is 0.203. The van der Waals surface area contributed by atoms with E-state index in [0.717, 1.165) is 0 Å². The molecule has 0 aromatic carbocycles. The maximum Gasteiger partial charge on any atom is 0.305 e. The van der Waals surface area contributed by atoms with Crippen molar-refractivity contribution in [1.29, 1.82) is 0 Å². The number of hydrogen-bond acceptors (Lipinski definition) is 5. The van der Waals surface area contributed by atoms with Crippen molar-refractivity contribution in [3.63, 3.8) is 0 Å². The third-order valence-corrected chi connectivity index (χ3v) is 3.32. The second kappa shape index (κ2) is 7.26. The molecule has 2 N–H and O–H groups in total. The fourth-order valence-corrected chi connectivity index (χ4v) is 2.09. The first-order chi connectivity index (χ1) is 12.1. The molecule has 0 saturated carbocycles. The third-order valence-electron chi connectivity index (χ3n) is 3.32. The van der Waals surface area contributed by atoms with E-state index in [1.165, 1.54) is 29.1 Å². The largest absolute Gasteiger partial charge is 0.454 e. The van der Waals surface area contributed by atoms with Gasteiger partial charge in [0.2, 0.25) is 0 Å². The minimum absolute atomic E-state index is 0.0190. The summed E-state index contributed by atoms with van der Waals surface area (Å²) in [4.78, 5) is 39.3. The standard InChI is InChI=1S/C17H14N4O4/c22-15-5-1-2-9-21(15)11-13-6-7-14(25-13)17(24)20-19-16(23)12-4-3-8-18-10-12/h1-10H,11H2,(H,19,23)(H,20,24).